The van der Waals surface area contributed by atoms with E-state index < -0.39 is 35.3 Å². The minimum atomic E-state index is -0.980. The number of rotatable bonds is 24. The van der Waals surface area contributed by atoms with E-state index in [1.54, 1.807) is 0 Å². The van der Waals surface area contributed by atoms with E-state index in [1.807, 2.05) is 6.92 Å². The summed E-state index contributed by atoms with van der Waals surface area (Å²) in [4.78, 5) is 37.8. The molecule has 0 radical (unpaired) electrons. The zero-order valence-electron chi connectivity index (χ0n) is 30.5. The Bertz CT molecular complexity index is 1510. The van der Waals surface area contributed by atoms with Crippen LogP contribution in [0.15, 0.2) is 60.7 Å². The number of unbranched alkanes of at least 4 members (excludes halogenated alkanes) is 13. The topological polar surface area (TPSA) is 88.1 Å². The van der Waals surface area contributed by atoms with Gasteiger partial charge in [-0.1, -0.05) is 97.3 Å². The van der Waals surface area contributed by atoms with Crippen molar-refractivity contribution in [3.63, 3.8) is 0 Å². The fraction of sp³-hybridized carbons (Fsp3) is 0.500. The number of halogens is 2. The fourth-order valence-electron chi connectivity index (χ4n) is 5.56. The molecule has 9 heteroatoms. The number of carbonyl (C=O) groups excluding carboxylic acids is 3. The third-order valence-electron chi connectivity index (χ3n) is 8.62. The number of carbonyl (C=O) groups is 3. The number of hydrogen-bond acceptors (Lipinski definition) is 7. The lowest BCUT2D eigenvalue weighted by atomic mass is 10.1. The Labute approximate surface area is 302 Å². The van der Waals surface area contributed by atoms with E-state index in [0.29, 0.717) is 12.2 Å². The molecule has 0 aliphatic rings. The summed E-state index contributed by atoms with van der Waals surface area (Å²) in [6.07, 6.45) is 18.2. The highest BCUT2D eigenvalue weighted by Crippen LogP contribution is 2.24. The number of esters is 3. The molecule has 0 spiro atoms. The summed E-state index contributed by atoms with van der Waals surface area (Å²) in [6, 6.07) is 12.8. The Morgan fingerprint density at radius 2 is 1.02 bits per heavy atom. The molecule has 3 aromatic carbocycles. The monoisotopic (exact) mass is 708 g/mol. The lowest BCUT2D eigenvalue weighted by Gasteiger charge is -2.13. The molecule has 0 aliphatic carbocycles. The molecule has 7 nitrogen and oxygen atoms in total. The van der Waals surface area contributed by atoms with Crippen LogP contribution in [0.4, 0.5) is 8.78 Å². The van der Waals surface area contributed by atoms with Crippen molar-refractivity contribution in [3.8, 4) is 17.2 Å². The fourth-order valence-corrected chi connectivity index (χ4v) is 5.56. The van der Waals surface area contributed by atoms with Gasteiger partial charge in [-0.15, -0.1) is 0 Å². The Kier molecular flexibility index (Phi) is 18.8. The Hall–Kier alpha value is -4.27. The summed E-state index contributed by atoms with van der Waals surface area (Å²) in [5, 5.41) is 0. The quantitative estimate of drug-likeness (QED) is 0.0520. The molecule has 0 fully saturated rings. The summed E-state index contributed by atoms with van der Waals surface area (Å²) in [5.74, 6) is -4.24. The molecule has 1 atom stereocenters. The highest BCUT2D eigenvalue weighted by molar-refractivity contribution is 5.93. The molecule has 0 saturated carbocycles. The first-order valence-corrected chi connectivity index (χ1v) is 18.7. The maximum Gasteiger partial charge on any atom is 0.343 e. The van der Waals surface area contributed by atoms with Gasteiger partial charge >= 0.3 is 17.9 Å². The van der Waals surface area contributed by atoms with E-state index in [4.69, 9.17) is 18.9 Å². The van der Waals surface area contributed by atoms with Crippen molar-refractivity contribution in [3.05, 3.63) is 89.0 Å². The Morgan fingerprint density at radius 1 is 0.549 bits per heavy atom. The summed E-state index contributed by atoms with van der Waals surface area (Å²) in [6.45, 7) is 6.59. The normalized spacial score (nSPS) is 11.5. The molecular weight excluding hydrogens is 654 g/mol. The SMILES string of the molecule is CCCCCCCCCCCCCOc1ccc(C(=O)Oc2ccc(C(=O)Oc3ccc(C(=O)O[C@H](C)CCCCCC)cc3)cc2F)cc1F. The highest BCUT2D eigenvalue weighted by Gasteiger charge is 2.18. The minimum Gasteiger partial charge on any atom is -0.491 e. The van der Waals surface area contributed by atoms with Gasteiger partial charge in [0.15, 0.2) is 23.1 Å². The smallest absolute Gasteiger partial charge is 0.343 e. The van der Waals surface area contributed by atoms with Gasteiger partial charge in [-0.2, -0.15) is 0 Å². The van der Waals surface area contributed by atoms with Crippen molar-refractivity contribution in [1.82, 2.24) is 0 Å². The lowest BCUT2D eigenvalue weighted by molar-refractivity contribution is 0.0319. The first kappa shape index (κ1) is 41.2. The van der Waals surface area contributed by atoms with E-state index in [9.17, 15) is 23.2 Å². The van der Waals surface area contributed by atoms with Crippen LogP contribution in [0.1, 0.15) is 155 Å². The molecule has 0 amide bonds. The average Bonchev–Trinajstić information content (AvgIpc) is 3.12. The molecular formula is C42H54F2O7. The van der Waals surface area contributed by atoms with Crippen LogP contribution in [0.3, 0.4) is 0 Å². The van der Waals surface area contributed by atoms with Gasteiger partial charge in [0.2, 0.25) is 0 Å². The van der Waals surface area contributed by atoms with Crippen molar-refractivity contribution in [1.29, 1.82) is 0 Å². The van der Waals surface area contributed by atoms with Crippen LogP contribution in [0, 0.1) is 11.6 Å². The van der Waals surface area contributed by atoms with E-state index in [-0.39, 0.29) is 28.7 Å². The highest BCUT2D eigenvalue weighted by atomic mass is 19.1. The third-order valence-corrected chi connectivity index (χ3v) is 8.62. The van der Waals surface area contributed by atoms with Crippen molar-refractivity contribution >= 4 is 17.9 Å². The van der Waals surface area contributed by atoms with Gasteiger partial charge in [0.1, 0.15) is 5.75 Å². The van der Waals surface area contributed by atoms with Crippen molar-refractivity contribution in [2.75, 3.05) is 6.61 Å². The van der Waals surface area contributed by atoms with Gasteiger partial charge in [0, 0.05) is 0 Å². The van der Waals surface area contributed by atoms with E-state index >= 15 is 0 Å². The molecule has 51 heavy (non-hydrogen) atoms. The van der Waals surface area contributed by atoms with E-state index in [1.165, 1.54) is 93.8 Å². The molecule has 3 rings (SSSR count). The van der Waals surface area contributed by atoms with Crippen LogP contribution in [0.5, 0.6) is 17.2 Å². The molecule has 0 saturated heterocycles. The largest absolute Gasteiger partial charge is 0.491 e. The Morgan fingerprint density at radius 3 is 1.57 bits per heavy atom. The van der Waals surface area contributed by atoms with Gasteiger partial charge in [0.25, 0.3) is 0 Å². The minimum absolute atomic E-state index is 0.0324. The van der Waals surface area contributed by atoms with Crippen molar-refractivity contribution in [2.24, 2.45) is 0 Å². The first-order chi connectivity index (χ1) is 24.7. The third kappa shape index (κ3) is 15.2. The summed E-state index contributed by atoms with van der Waals surface area (Å²) >= 11 is 0. The van der Waals surface area contributed by atoms with Crippen LogP contribution in [0.25, 0.3) is 0 Å². The predicted molar refractivity (Wildman–Crippen MR) is 195 cm³/mol. The first-order valence-electron chi connectivity index (χ1n) is 18.7. The zero-order valence-corrected chi connectivity index (χ0v) is 30.5. The summed E-state index contributed by atoms with van der Waals surface area (Å²) in [7, 11) is 0. The van der Waals surface area contributed by atoms with Crippen molar-refractivity contribution < 1.29 is 42.1 Å². The summed E-state index contributed by atoms with van der Waals surface area (Å²) < 4.78 is 51.0. The second-order valence-corrected chi connectivity index (χ2v) is 13.0. The maximum absolute atomic E-state index is 14.8. The molecule has 3 aromatic rings. The van der Waals surface area contributed by atoms with Crippen molar-refractivity contribution in [2.45, 2.75) is 130 Å². The van der Waals surface area contributed by atoms with E-state index in [2.05, 4.69) is 13.8 Å². The maximum atomic E-state index is 14.8. The predicted octanol–water partition coefficient (Wildman–Crippen LogP) is 11.6. The average molecular weight is 709 g/mol. The van der Waals surface area contributed by atoms with Crippen LogP contribution in [-0.4, -0.2) is 30.6 Å². The summed E-state index contributed by atoms with van der Waals surface area (Å²) in [5.41, 5.74) is 0.0679. The molecule has 0 aromatic heterocycles. The molecule has 0 unspecified atom stereocenters. The number of hydrogen-bond donors (Lipinski definition) is 0. The Balaban J connectivity index is 1.41. The van der Waals surface area contributed by atoms with Crippen LogP contribution >= 0.6 is 0 Å². The molecule has 0 N–H and O–H groups in total. The van der Waals surface area contributed by atoms with Gasteiger partial charge in [-0.25, -0.2) is 23.2 Å². The zero-order chi connectivity index (χ0) is 36.8. The van der Waals surface area contributed by atoms with Crippen LogP contribution < -0.4 is 14.2 Å². The van der Waals surface area contributed by atoms with Crippen LogP contribution in [-0.2, 0) is 4.74 Å². The second-order valence-electron chi connectivity index (χ2n) is 13.0. The van der Waals surface area contributed by atoms with E-state index in [0.717, 1.165) is 69.6 Å². The second kappa shape index (κ2) is 23.3. The van der Waals surface area contributed by atoms with Gasteiger partial charge in [0.05, 0.1) is 29.4 Å². The lowest BCUT2D eigenvalue weighted by Crippen LogP contribution is -2.15. The number of ether oxygens (including phenoxy) is 4. The van der Waals surface area contributed by atoms with Gasteiger partial charge < -0.3 is 18.9 Å². The van der Waals surface area contributed by atoms with Crippen LogP contribution in [0.2, 0.25) is 0 Å². The molecule has 0 aliphatic heterocycles. The standard InChI is InChI=1S/C42H54F2O7/c1-4-6-8-10-11-12-13-14-15-16-18-28-48-38-26-22-34(29-36(38)43)42(47)51-39-27-23-33(30-37(39)44)41(46)50-35-24-20-32(21-25-35)40(45)49-31(3)19-17-9-7-5-2/h20-27,29-31H,4-19,28H2,1-3H3/t31-/m1/s1. The molecule has 0 heterocycles. The molecule has 0 bridgehead atoms. The van der Waals surface area contributed by atoms with Gasteiger partial charge in [-0.05, 0) is 86.8 Å². The van der Waals surface area contributed by atoms with Gasteiger partial charge in [-0.3, -0.25) is 0 Å². The number of benzene rings is 3. The molecule has 278 valence electrons.